The molecule has 5 aromatic rings. The summed E-state index contributed by atoms with van der Waals surface area (Å²) in [5.74, 6) is -0.00931. The maximum absolute atomic E-state index is 13.5. The van der Waals surface area contributed by atoms with Crippen LogP contribution in [-0.4, -0.2) is 42.1 Å². The van der Waals surface area contributed by atoms with Crippen LogP contribution in [0.3, 0.4) is 0 Å². The Labute approximate surface area is 191 Å². The Bertz CT molecular complexity index is 1540. The lowest BCUT2D eigenvalue weighted by atomic mass is 10.1. The van der Waals surface area contributed by atoms with Crippen LogP contribution in [-0.2, 0) is 13.6 Å². The van der Waals surface area contributed by atoms with E-state index in [9.17, 15) is 13.6 Å². The highest BCUT2D eigenvalue weighted by atomic mass is 19.3. The quantitative estimate of drug-likeness (QED) is 0.365. The molecule has 0 fully saturated rings. The molecule has 0 spiro atoms. The van der Waals surface area contributed by atoms with Gasteiger partial charge in [0.25, 0.3) is 0 Å². The lowest BCUT2D eigenvalue weighted by molar-refractivity contribution is -0.0498. The SMILES string of the molecule is CCOc1ncc2c(n1)n(-c1ccc(OC(F)F)cc1)c(=O)n2Cc1ccc2nn(C)cc2c1. The fraction of sp³-hybridized carbons (Fsp3) is 0.217. The third-order valence-electron chi connectivity index (χ3n) is 5.27. The molecule has 0 aliphatic heterocycles. The standard InChI is InChI=1S/C23H20F2N6O3/c1-3-33-22-26-11-19-20(27-22)31(16-5-7-17(8-6-16)34-21(24)25)23(32)30(19)12-14-4-9-18-15(10-14)13-29(2)28-18/h4-11,13,21H,3,12H2,1-2H3. The van der Waals surface area contributed by atoms with Crippen LogP contribution < -0.4 is 15.2 Å². The van der Waals surface area contributed by atoms with Crippen molar-refractivity contribution in [3.63, 3.8) is 0 Å². The van der Waals surface area contributed by atoms with Gasteiger partial charge in [-0.05, 0) is 48.9 Å². The zero-order valence-electron chi connectivity index (χ0n) is 18.4. The first-order chi connectivity index (χ1) is 16.4. The number of hydrogen-bond donors (Lipinski definition) is 0. The minimum Gasteiger partial charge on any atom is -0.464 e. The van der Waals surface area contributed by atoms with Gasteiger partial charge in [-0.1, -0.05) is 6.07 Å². The molecule has 0 aliphatic rings. The van der Waals surface area contributed by atoms with E-state index in [1.807, 2.05) is 38.4 Å². The molecular formula is C23H20F2N6O3. The predicted molar refractivity (Wildman–Crippen MR) is 121 cm³/mol. The molecule has 0 unspecified atom stereocenters. The molecule has 0 saturated carbocycles. The van der Waals surface area contributed by atoms with E-state index in [1.54, 1.807) is 15.4 Å². The van der Waals surface area contributed by atoms with E-state index in [4.69, 9.17) is 4.74 Å². The molecule has 0 amide bonds. The van der Waals surface area contributed by atoms with E-state index in [-0.39, 0.29) is 24.0 Å². The highest BCUT2D eigenvalue weighted by Gasteiger charge is 2.19. The van der Waals surface area contributed by atoms with Gasteiger partial charge in [0.05, 0.1) is 30.6 Å². The highest BCUT2D eigenvalue weighted by Crippen LogP contribution is 2.22. The third-order valence-corrected chi connectivity index (χ3v) is 5.27. The fourth-order valence-electron chi connectivity index (χ4n) is 3.86. The lowest BCUT2D eigenvalue weighted by Gasteiger charge is -2.07. The van der Waals surface area contributed by atoms with Gasteiger partial charge in [-0.2, -0.15) is 18.9 Å². The summed E-state index contributed by atoms with van der Waals surface area (Å²) in [6.45, 7) is -0.491. The van der Waals surface area contributed by atoms with Gasteiger partial charge < -0.3 is 9.47 Å². The zero-order chi connectivity index (χ0) is 23.8. The lowest BCUT2D eigenvalue weighted by Crippen LogP contribution is -2.23. The molecule has 0 radical (unpaired) electrons. The summed E-state index contributed by atoms with van der Waals surface area (Å²) in [5.41, 5.74) is 2.69. The molecule has 9 nitrogen and oxygen atoms in total. The number of ether oxygens (including phenoxy) is 2. The number of hydrogen-bond acceptors (Lipinski definition) is 6. The van der Waals surface area contributed by atoms with Crippen molar-refractivity contribution in [3.05, 3.63) is 70.9 Å². The first-order valence-corrected chi connectivity index (χ1v) is 10.5. The number of rotatable bonds is 7. The van der Waals surface area contributed by atoms with Crippen molar-refractivity contribution in [1.29, 1.82) is 0 Å². The van der Waals surface area contributed by atoms with Gasteiger partial charge in [0.1, 0.15) is 11.3 Å². The van der Waals surface area contributed by atoms with Gasteiger partial charge in [0, 0.05) is 18.6 Å². The maximum Gasteiger partial charge on any atom is 0.387 e. The summed E-state index contributed by atoms with van der Waals surface area (Å²) in [4.78, 5) is 22.2. The second-order valence-electron chi connectivity index (χ2n) is 7.57. The van der Waals surface area contributed by atoms with Gasteiger partial charge in [-0.15, -0.1) is 0 Å². The summed E-state index contributed by atoms with van der Waals surface area (Å²) in [5, 5.41) is 5.34. The second-order valence-corrected chi connectivity index (χ2v) is 7.57. The number of halogens is 2. The topological polar surface area (TPSA) is 89.0 Å². The number of imidazole rings is 1. The van der Waals surface area contributed by atoms with Crippen LogP contribution in [0.4, 0.5) is 8.78 Å². The summed E-state index contributed by atoms with van der Waals surface area (Å²) < 4.78 is 39.6. The molecule has 0 saturated heterocycles. The Morgan fingerprint density at radius 3 is 2.65 bits per heavy atom. The number of nitrogens with zero attached hydrogens (tertiary/aromatic N) is 6. The molecule has 11 heteroatoms. The molecule has 2 aromatic carbocycles. The number of aromatic nitrogens is 6. The molecule has 0 aliphatic carbocycles. The predicted octanol–water partition coefficient (Wildman–Crippen LogP) is 3.52. The maximum atomic E-state index is 13.5. The number of fused-ring (bicyclic) bond motifs is 2. The molecule has 3 aromatic heterocycles. The van der Waals surface area contributed by atoms with Crippen molar-refractivity contribution in [2.75, 3.05) is 6.61 Å². The summed E-state index contributed by atoms with van der Waals surface area (Å²) in [7, 11) is 1.85. The van der Waals surface area contributed by atoms with Crippen LogP contribution in [0, 0.1) is 0 Å². The number of aryl methyl sites for hydroxylation is 1. The molecule has 0 bridgehead atoms. The average Bonchev–Trinajstić information content (AvgIpc) is 3.30. The first kappa shape index (κ1) is 21.6. The molecular weight excluding hydrogens is 446 g/mol. The molecule has 0 atom stereocenters. The van der Waals surface area contributed by atoms with Crippen molar-refractivity contribution >= 4 is 22.1 Å². The Hall–Kier alpha value is -4.28. The largest absolute Gasteiger partial charge is 0.464 e. The molecule has 3 heterocycles. The number of benzene rings is 2. The minimum absolute atomic E-state index is 0.00931. The summed E-state index contributed by atoms with van der Waals surface area (Å²) >= 11 is 0. The smallest absolute Gasteiger partial charge is 0.387 e. The van der Waals surface area contributed by atoms with E-state index in [1.165, 1.54) is 28.8 Å². The van der Waals surface area contributed by atoms with Crippen molar-refractivity contribution in [3.8, 4) is 17.4 Å². The fourth-order valence-corrected chi connectivity index (χ4v) is 3.86. The van der Waals surface area contributed by atoms with E-state index in [0.717, 1.165) is 16.5 Å². The minimum atomic E-state index is -2.94. The zero-order valence-corrected chi connectivity index (χ0v) is 18.4. The van der Waals surface area contributed by atoms with Crippen LogP contribution in [0.1, 0.15) is 12.5 Å². The third kappa shape index (κ3) is 3.96. The van der Waals surface area contributed by atoms with Crippen molar-refractivity contribution in [2.45, 2.75) is 20.1 Å². The van der Waals surface area contributed by atoms with Gasteiger partial charge >= 0.3 is 18.3 Å². The molecule has 5 rings (SSSR count). The van der Waals surface area contributed by atoms with Crippen molar-refractivity contribution < 1.29 is 18.3 Å². The van der Waals surface area contributed by atoms with Gasteiger partial charge in [-0.3, -0.25) is 9.25 Å². The van der Waals surface area contributed by atoms with E-state index in [2.05, 4.69) is 19.8 Å². The van der Waals surface area contributed by atoms with Crippen LogP contribution in [0.5, 0.6) is 11.8 Å². The first-order valence-electron chi connectivity index (χ1n) is 10.5. The second kappa shape index (κ2) is 8.58. The van der Waals surface area contributed by atoms with Crippen LogP contribution in [0.25, 0.3) is 27.8 Å². The normalized spacial score (nSPS) is 11.6. The van der Waals surface area contributed by atoms with Gasteiger partial charge in [0.15, 0.2) is 5.65 Å². The van der Waals surface area contributed by atoms with E-state index < -0.39 is 6.61 Å². The summed E-state index contributed by atoms with van der Waals surface area (Å²) in [6.07, 6.45) is 3.45. The highest BCUT2D eigenvalue weighted by molar-refractivity contribution is 5.79. The number of alkyl halides is 2. The molecule has 34 heavy (non-hydrogen) atoms. The Morgan fingerprint density at radius 1 is 1.12 bits per heavy atom. The Balaban J connectivity index is 1.63. The summed E-state index contributed by atoms with van der Waals surface area (Å²) in [6, 6.07) is 11.7. The van der Waals surface area contributed by atoms with Crippen LogP contribution in [0.2, 0.25) is 0 Å². The Morgan fingerprint density at radius 2 is 1.91 bits per heavy atom. The van der Waals surface area contributed by atoms with Gasteiger partial charge in [-0.25, -0.2) is 14.3 Å². The van der Waals surface area contributed by atoms with Crippen molar-refractivity contribution in [1.82, 2.24) is 28.9 Å². The molecule has 0 N–H and O–H groups in total. The van der Waals surface area contributed by atoms with Crippen LogP contribution >= 0.6 is 0 Å². The van der Waals surface area contributed by atoms with Gasteiger partial charge in [0.2, 0.25) is 0 Å². The van der Waals surface area contributed by atoms with Crippen LogP contribution in [0.15, 0.2) is 59.7 Å². The average molecular weight is 466 g/mol. The van der Waals surface area contributed by atoms with E-state index >= 15 is 0 Å². The molecule has 174 valence electrons. The van der Waals surface area contributed by atoms with Crippen molar-refractivity contribution in [2.24, 2.45) is 7.05 Å². The van der Waals surface area contributed by atoms with E-state index in [0.29, 0.717) is 23.5 Å². The monoisotopic (exact) mass is 466 g/mol. The Kier molecular flexibility index (Phi) is 5.44.